The van der Waals surface area contributed by atoms with E-state index in [4.69, 9.17) is 5.11 Å². The van der Waals surface area contributed by atoms with Crippen LogP contribution in [-0.2, 0) is 12.7 Å². The number of carboxylic acid groups (broad SMARTS) is 1. The van der Waals surface area contributed by atoms with Gasteiger partial charge in [-0.25, -0.2) is 4.79 Å². The summed E-state index contributed by atoms with van der Waals surface area (Å²) in [6, 6.07) is 5.47. The van der Waals surface area contributed by atoms with Crippen molar-refractivity contribution < 1.29 is 23.1 Å². The van der Waals surface area contributed by atoms with E-state index in [-0.39, 0.29) is 18.0 Å². The molecule has 0 saturated carbocycles. The lowest BCUT2D eigenvalue weighted by molar-refractivity contribution is -0.138. The van der Waals surface area contributed by atoms with E-state index in [0.29, 0.717) is 19.6 Å². The first-order chi connectivity index (χ1) is 9.88. The minimum Gasteiger partial charge on any atom is -0.465 e. The highest BCUT2D eigenvalue weighted by Crippen LogP contribution is 2.31. The molecule has 4 nitrogen and oxygen atoms in total. The van der Waals surface area contributed by atoms with Crippen LogP contribution in [0.2, 0.25) is 0 Å². The molecule has 7 heteroatoms. The molecule has 2 rings (SSSR count). The summed E-state index contributed by atoms with van der Waals surface area (Å²) in [5.41, 5.74) is -0.422. The average Bonchev–Trinajstić information content (AvgIpc) is 2.87. The molecular weight excluding hydrogens is 285 g/mol. The number of rotatable bonds is 4. The molecule has 1 saturated heterocycles. The maximum atomic E-state index is 12.8. The van der Waals surface area contributed by atoms with E-state index in [1.165, 1.54) is 17.0 Å². The minimum absolute atomic E-state index is 0.124. The fraction of sp³-hybridized carbons (Fsp3) is 0.500. The van der Waals surface area contributed by atoms with Crippen molar-refractivity contribution in [2.45, 2.75) is 19.1 Å². The summed E-state index contributed by atoms with van der Waals surface area (Å²) in [4.78, 5) is 12.1. The predicted octanol–water partition coefficient (Wildman–Crippen LogP) is 2.79. The quantitative estimate of drug-likeness (QED) is 0.899. The summed E-state index contributed by atoms with van der Waals surface area (Å²) in [5.74, 6) is 0.152. The summed E-state index contributed by atoms with van der Waals surface area (Å²) in [6.07, 6.45) is -4.56. The first-order valence-electron chi connectivity index (χ1n) is 6.71. The van der Waals surface area contributed by atoms with Crippen molar-refractivity contribution in [3.8, 4) is 0 Å². The molecule has 1 heterocycles. The fourth-order valence-electron chi connectivity index (χ4n) is 2.53. The molecule has 1 amide bonds. The lowest BCUT2D eigenvalue weighted by Gasteiger charge is -2.15. The highest BCUT2D eigenvalue weighted by Gasteiger charge is 2.32. The third-order valence-corrected chi connectivity index (χ3v) is 3.63. The molecule has 1 atom stereocenters. The zero-order valence-corrected chi connectivity index (χ0v) is 11.4. The smallest absolute Gasteiger partial charge is 0.416 e. The van der Waals surface area contributed by atoms with E-state index in [9.17, 15) is 18.0 Å². The van der Waals surface area contributed by atoms with Crippen molar-refractivity contribution in [2.75, 3.05) is 19.6 Å². The van der Waals surface area contributed by atoms with Crippen molar-refractivity contribution >= 4 is 6.09 Å². The van der Waals surface area contributed by atoms with Gasteiger partial charge in [0, 0.05) is 26.2 Å². The first-order valence-corrected chi connectivity index (χ1v) is 6.71. The number of amides is 1. The molecule has 1 fully saturated rings. The SMILES string of the molecule is O=C(O)N1CC[C@@H](CNCc2ccccc2C(F)(F)F)C1. The van der Waals surface area contributed by atoms with Gasteiger partial charge in [0.05, 0.1) is 5.56 Å². The van der Waals surface area contributed by atoms with E-state index in [0.717, 1.165) is 12.5 Å². The summed E-state index contributed by atoms with van der Waals surface area (Å²) in [7, 11) is 0. The number of likely N-dealkylation sites (tertiary alicyclic amines) is 1. The Labute approximate surface area is 120 Å². The van der Waals surface area contributed by atoms with Gasteiger partial charge in [-0.3, -0.25) is 0 Å². The van der Waals surface area contributed by atoms with Crippen LogP contribution in [-0.4, -0.2) is 35.7 Å². The monoisotopic (exact) mass is 302 g/mol. The normalized spacial score (nSPS) is 19.0. The van der Waals surface area contributed by atoms with E-state index < -0.39 is 17.8 Å². The zero-order valence-electron chi connectivity index (χ0n) is 11.4. The number of hydrogen-bond acceptors (Lipinski definition) is 2. The second-order valence-electron chi connectivity index (χ2n) is 5.17. The van der Waals surface area contributed by atoms with Crippen LogP contribution in [0.3, 0.4) is 0 Å². The molecule has 1 aromatic carbocycles. The molecule has 1 aromatic rings. The van der Waals surface area contributed by atoms with Crippen molar-refractivity contribution in [1.82, 2.24) is 10.2 Å². The molecule has 0 aliphatic carbocycles. The van der Waals surface area contributed by atoms with Gasteiger partial charge in [0.1, 0.15) is 0 Å². The lowest BCUT2D eigenvalue weighted by Crippen LogP contribution is -2.29. The summed E-state index contributed by atoms with van der Waals surface area (Å²) < 4.78 is 38.5. The number of nitrogens with one attached hydrogen (secondary N) is 1. The van der Waals surface area contributed by atoms with Crippen molar-refractivity contribution in [1.29, 1.82) is 0 Å². The number of nitrogens with zero attached hydrogens (tertiary/aromatic N) is 1. The second kappa shape index (κ2) is 6.34. The summed E-state index contributed by atoms with van der Waals surface area (Å²) in [5, 5.41) is 11.8. The Morgan fingerprint density at radius 3 is 2.71 bits per heavy atom. The molecular formula is C14H17F3N2O2. The second-order valence-corrected chi connectivity index (χ2v) is 5.17. The minimum atomic E-state index is -4.36. The molecule has 1 aliphatic heterocycles. The topological polar surface area (TPSA) is 52.6 Å². The Balaban J connectivity index is 1.86. The van der Waals surface area contributed by atoms with Crippen LogP contribution in [0.4, 0.5) is 18.0 Å². The Hall–Kier alpha value is -1.76. The van der Waals surface area contributed by atoms with Crippen LogP contribution in [0, 0.1) is 5.92 Å². The van der Waals surface area contributed by atoms with Gasteiger partial charge in [-0.2, -0.15) is 13.2 Å². The predicted molar refractivity (Wildman–Crippen MR) is 70.9 cm³/mol. The molecule has 0 radical (unpaired) electrons. The molecule has 116 valence electrons. The van der Waals surface area contributed by atoms with E-state index in [1.54, 1.807) is 6.07 Å². The summed E-state index contributed by atoms with van der Waals surface area (Å²) >= 11 is 0. The Morgan fingerprint density at radius 1 is 1.38 bits per heavy atom. The molecule has 1 aliphatic rings. The van der Waals surface area contributed by atoms with Crippen molar-refractivity contribution in [3.63, 3.8) is 0 Å². The summed E-state index contributed by atoms with van der Waals surface area (Å²) in [6.45, 7) is 1.55. The van der Waals surface area contributed by atoms with Crippen LogP contribution in [0.1, 0.15) is 17.5 Å². The fourth-order valence-corrected chi connectivity index (χ4v) is 2.53. The van der Waals surface area contributed by atoms with Crippen LogP contribution in [0.25, 0.3) is 0 Å². The molecule has 21 heavy (non-hydrogen) atoms. The van der Waals surface area contributed by atoms with E-state index in [2.05, 4.69) is 5.32 Å². The molecule has 0 unspecified atom stereocenters. The number of benzene rings is 1. The molecule has 0 aromatic heterocycles. The number of carbonyl (C=O) groups is 1. The van der Waals surface area contributed by atoms with Gasteiger partial charge in [0.15, 0.2) is 0 Å². The maximum Gasteiger partial charge on any atom is 0.416 e. The first kappa shape index (κ1) is 15.6. The molecule has 2 N–H and O–H groups in total. The molecule has 0 bridgehead atoms. The number of hydrogen-bond donors (Lipinski definition) is 2. The lowest BCUT2D eigenvalue weighted by atomic mass is 10.1. The van der Waals surface area contributed by atoms with Gasteiger partial charge < -0.3 is 15.3 Å². The van der Waals surface area contributed by atoms with Crippen LogP contribution < -0.4 is 5.32 Å². The van der Waals surface area contributed by atoms with Gasteiger partial charge in [-0.1, -0.05) is 18.2 Å². The van der Waals surface area contributed by atoms with Gasteiger partial charge in [0.25, 0.3) is 0 Å². The van der Waals surface area contributed by atoms with Gasteiger partial charge in [-0.15, -0.1) is 0 Å². The Kier molecular flexibility index (Phi) is 4.72. The van der Waals surface area contributed by atoms with Crippen LogP contribution in [0.15, 0.2) is 24.3 Å². The maximum absolute atomic E-state index is 12.8. The van der Waals surface area contributed by atoms with Gasteiger partial charge in [0.2, 0.25) is 0 Å². The van der Waals surface area contributed by atoms with E-state index in [1.807, 2.05) is 0 Å². The van der Waals surface area contributed by atoms with E-state index >= 15 is 0 Å². The third-order valence-electron chi connectivity index (χ3n) is 3.63. The Bertz CT molecular complexity index is 505. The standard InChI is InChI=1S/C14H17F3N2O2/c15-14(16,17)12-4-2-1-3-11(12)8-18-7-10-5-6-19(9-10)13(20)21/h1-4,10,18H,5-9H2,(H,20,21)/t10-/m0/s1. The number of alkyl halides is 3. The highest BCUT2D eigenvalue weighted by atomic mass is 19.4. The number of halogens is 3. The van der Waals surface area contributed by atoms with Gasteiger partial charge in [-0.05, 0) is 24.0 Å². The van der Waals surface area contributed by atoms with Crippen molar-refractivity contribution in [2.24, 2.45) is 5.92 Å². The van der Waals surface area contributed by atoms with Crippen molar-refractivity contribution in [3.05, 3.63) is 35.4 Å². The third kappa shape index (κ3) is 4.10. The van der Waals surface area contributed by atoms with Crippen LogP contribution >= 0.6 is 0 Å². The largest absolute Gasteiger partial charge is 0.465 e. The average molecular weight is 302 g/mol. The van der Waals surface area contributed by atoms with Crippen LogP contribution in [0.5, 0.6) is 0 Å². The highest BCUT2D eigenvalue weighted by molar-refractivity contribution is 5.65. The zero-order chi connectivity index (χ0) is 15.5. The Morgan fingerprint density at radius 2 is 2.10 bits per heavy atom. The molecule has 0 spiro atoms. The van der Waals surface area contributed by atoms with Gasteiger partial charge >= 0.3 is 12.3 Å².